The lowest BCUT2D eigenvalue weighted by Gasteiger charge is -2.29. The van der Waals surface area contributed by atoms with E-state index in [4.69, 9.17) is 13.8 Å². The number of fused-ring (bicyclic) bond motifs is 1. The molecule has 3 saturated heterocycles. The van der Waals surface area contributed by atoms with Crippen LogP contribution in [0.3, 0.4) is 0 Å². The van der Waals surface area contributed by atoms with Crippen molar-refractivity contribution in [2.45, 2.75) is 69.4 Å². The van der Waals surface area contributed by atoms with Crippen LogP contribution in [0.4, 0.5) is 4.39 Å². The maximum atomic E-state index is 15.6. The van der Waals surface area contributed by atoms with Crippen molar-refractivity contribution < 1.29 is 18.2 Å². The summed E-state index contributed by atoms with van der Waals surface area (Å²) < 4.78 is 37.6. The highest BCUT2D eigenvalue weighted by Crippen LogP contribution is 2.64. The number of hydrogen-bond donors (Lipinski definition) is 1. The maximum Gasteiger partial charge on any atom is 0.330 e. The van der Waals surface area contributed by atoms with Crippen molar-refractivity contribution in [3.63, 3.8) is 0 Å². The molecule has 10 heteroatoms. The third-order valence-corrected chi connectivity index (χ3v) is 8.55. The van der Waals surface area contributed by atoms with Gasteiger partial charge in [-0.2, -0.15) is 0 Å². The van der Waals surface area contributed by atoms with Gasteiger partial charge in [-0.25, -0.2) is 13.9 Å². The van der Waals surface area contributed by atoms with Gasteiger partial charge >= 0.3 is 5.69 Å². The van der Waals surface area contributed by atoms with E-state index in [1.165, 1.54) is 12.3 Å². The number of aromatic amines is 1. The number of ether oxygens (including phenoxy) is 1. The zero-order valence-corrected chi connectivity index (χ0v) is 18.9. The molecule has 3 aliphatic heterocycles. The summed E-state index contributed by atoms with van der Waals surface area (Å²) in [6, 6.07) is 11.4. The molecule has 7 atom stereocenters. The monoisotopic (exact) mass is 463 g/mol. The van der Waals surface area contributed by atoms with Gasteiger partial charge < -0.3 is 13.8 Å². The molecule has 8 nitrogen and oxygen atoms in total. The van der Waals surface area contributed by atoms with Crippen LogP contribution in [0, 0.1) is 0 Å². The van der Waals surface area contributed by atoms with Crippen molar-refractivity contribution in [2.24, 2.45) is 0 Å². The molecule has 32 heavy (non-hydrogen) atoms. The summed E-state index contributed by atoms with van der Waals surface area (Å²) in [5.74, 6) is 0. The van der Waals surface area contributed by atoms with Crippen molar-refractivity contribution in [2.75, 3.05) is 6.54 Å². The lowest BCUT2D eigenvalue weighted by molar-refractivity contribution is -0.0272. The van der Waals surface area contributed by atoms with Gasteiger partial charge in [-0.15, -0.1) is 0 Å². The van der Waals surface area contributed by atoms with E-state index in [-0.39, 0.29) is 6.04 Å². The topological polar surface area (TPSA) is 85.8 Å². The minimum absolute atomic E-state index is 0.161. The molecule has 1 unspecified atom stereocenters. The van der Waals surface area contributed by atoms with Crippen molar-refractivity contribution in [1.82, 2.24) is 14.2 Å². The minimum Gasteiger partial charge on any atom is -0.349 e. The van der Waals surface area contributed by atoms with Gasteiger partial charge in [0.1, 0.15) is 11.7 Å². The highest BCUT2D eigenvalue weighted by atomic mass is 31.2. The van der Waals surface area contributed by atoms with Crippen LogP contribution >= 0.6 is 8.53 Å². The van der Waals surface area contributed by atoms with Gasteiger partial charge in [-0.3, -0.25) is 14.3 Å². The standard InChI is InChI=1S/C22H27FN3O5P/c1-3-15-19(18(23)20(29-15)25-13-11-17(27)24-21(25)28)30-32-26-12-7-10-16(26)22(2,31-32)14-8-5-4-6-9-14/h4-6,8-9,11,13,15-16,18-20H,3,7,10,12H2,1-2H3,(H,24,27,28)/t15-,16-,18?,19+,20-,22+,32-/m1/s1. The van der Waals surface area contributed by atoms with Gasteiger partial charge in [0.25, 0.3) is 14.1 Å². The summed E-state index contributed by atoms with van der Waals surface area (Å²) >= 11 is 0. The molecule has 0 saturated carbocycles. The van der Waals surface area contributed by atoms with Gasteiger partial charge in [0.15, 0.2) is 12.4 Å². The van der Waals surface area contributed by atoms with E-state index in [2.05, 4.69) is 28.7 Å². The number of halogens is 1. The fourth-order valence-corrected chi connectivity index (χ4v) is 7.13. The van der Waals surface area contributed by atoms with Crippen LogP contribution < -0.4 is 11.2 Å². The Bertz CT molecular complexity index is 1080. The van der Waals surface area contributed by atoms with Gasteiger partial charge in [0.2, 0.25) is 0 Å². The Labute approximate surface area is 186 Å². The van der Waals surface area contributed by atoms with Crippen LogP contribution in [0.1, 0.15) is 44.9 Å². The molecule has 0 amide bonds. The molecule has 0 bridgehead atoms. The van der Waals surface area contributed by atoms with E-state index in [0.29, 0.717) is 6.42 Å². The lowest BCUT2D eigenvalue weighted by Crippen LogP contribution is -2.37. The molecular weight excluding hydrogens is 436 g/mol. The first-order chi connectivity index (χ1) is 15.4. The van der Waals surface area contributed by atoms with Gasteiger partial charge in [-0.1, -0.05) is 37.3 Å². The molecule has 1 aromatic heterocycles. The molecule has 1 aromatic carbocycles. The second-order valence-electron chi connectivity index (χ2n) is 8.63. The number of nitrogens with one attached hydrogen (secondary N) is 1. The van der Waals surface area contributed by atoms with Crippen LogP contribution in [0.5, 0.6) is 0 Å². The fraction of sp³-hybridized carbons (Fsp3) is 0.545. The first-order valence-corrected chi connectivity index (χ1v) is 12.1. The molecule has 2 aromatic rings. The quantitative estimate of drug-likeness (QED) is 0.686. The number of rotatable bonds is 5. The fourth-order valence-electron chi connectivity index (χ4n) is 4.98. The van der Waals surface area contributed by atoms with E-state index < -0.39 is 50.0 Å². The van der Waals surface area contributed by atoms with E-state index >= 15 is 4.39 Å². The summed E-state index contributed by atoms with van der Waals surface area (Å²) in [6.07, 6.45) is -0.373. The van der Waals surface area contributed by atoms with Crippen LogP contribution in [-0.2, 0) is 19.4 Å². The van der Waals surface area contributed by atoms with E-state index in [1.54, 1.807) is 0 Å². The van der Waals surface area contributed by atoms with Crippen molar-refractivity contribution >= 4 is 8.53 Å². The molecule has 0 radical (unpaired) electrons. The summed E-state index contributed by atoms with van der Waals surface area (Å²) in [5, 5.41) is 0. The number of nitrogens with zero attached hydrogens (tertiary/aromatic N) is 2. The third kappa shape index (κ3) is 3.56. The van der Waals surface area contributed by atoms with Crippen LogP contribution in [-0.4, -0.2) is 45.2 Å². The molecular formula is C22H27FN3O5P. The molecule has 172 valence electrons. The Balaban J connectivity index is 1.40. The molecule has 0 spiro atoms. The van der Waals surface area contributed by atoms with E-state index in [0.717, 1.165) is 29.5 Å². The number of benzene rings is 1. The molecule has 5 rings (SSSR count). The van der Waals surface area contributed by atoms with Crippen LogP contribution in [0.25, 0.3) is 0 Å². The van der Waals surface area contributed by atoms with Gasteiger partial charge in [0, 0.05) is 18.8 Å². The Morgan fingerprint density at radius 1 is 1.28 bits per heavy atom. The first kappa shape index (κ1) is 21.9. The van der Waals surface area contributed by atoms with E-state index in [9.17, 15) is 9.59 Å². The maximum absolute atomic E-state index is 15.6. The van der Waals surface area contributed by atoms with Gasteiger partial charge in [-0.05, 0) is 31.7 Å². The number of H-pyrrole nitrogens is 1. The average Bonchev–Trinajstić information content (AvgIpc) is 3.46. The lowest BCUT2D eigenvalue weighted by atomic mass is 9.87. The zero-order valence-electron chi connectivity index (χ0n) is 18.0. The number of alkyl halides is 1. The SMILES string of the molecule is CC[C@H]1O[C@@H](n2ccc(=O)[nH]c2=O)C(F)[C@H]1O[P@]1O[C@@](C)(c2ccccc2)[C@H]2CCCN21. The van der Waals surface area contributed by atoms with Gasteiger partial charge in [0.05, 0.1) is 12.1 Å². The Kier molecular flexibility index (Phi) is 5.80. The van der Waals surface area contributed by atoms with Crippen LogP contribution in [0.2, 0.25) is 0 Å². The van der Waals surface area contributed by atoms with Crippen molar-refractivity contribution in [3.8, 4) is 0 Å². The molecule has 0 aliphatic carbocycles. The normalized spacial score (nSPS) is 37.1. The number of hydrogen-bond acceptors (Lipinski definition) is 6. The highest BCUT2D eigenvalue weighted by molar-refractivity contribution is 7.45. The molecule has 3 fully saturated rings. The summed E-state index contributed by atoms with van der Waals surface area (Å²) in [4.78, 5) is 25.7. The van der Waals surface area contributed by atoms with Crippen molar-refractivity contribution in [1.29, 1.82) is 0 Å². The first-order valence-electron chi connectivity index (χ1n) is 11.0. The second-order valence-corrected chi connectivity index (χ2v) is 10.0. The molecule has 3 aliphatic rings. The summed E-state index contributed by atoms with van der Waals surface area (Å²) in [6.45, 7) is 4.80. The van der Waals surface area contributed by atoms with Crippen LogP contribution in [0.15, 0.2) is 52.2 Å². The Morgan fingerprint density at radius 2 is 2.06 bits per heavy atom. The smallest absolute Gasteiger partial charge is 0.330 e. The molecule has 1 N–H and O–H groups in total. The Morgan fingerprint density at radius 3 is 2.78 bits per heavy atom. The third-order valence-electron chi connectivity index (χ3n) is 6.69. The molecule has 4 heterocycles. The van der Waals surface area contributed by atoms with Crippen molar-refractivity contribution in [3.05, 3.63) is 69.0 Å². The predicted octanol–water partition coefficient (Wildman–Crippen LogP) is 3.20. The second kappa shape index (κ2) is 8.47. The predicted molar refractivity (Wildman–Crippen MR) is 117 cm³/mol. The zero-order chi connectivity index (χ0) is 22.5. The Hall–Kier alpha value is -1.90. The largest absolute Gasteiger partial charge is 0.349 e. The average molecular weight is 463 g/mol. The van der Waals surface area contributed by atoms with E-state index in [1.807, 2.05) is 25.1 Å². The highest BCUT2D eigenvalue weighted by Gasteiger charge is 2.57. The number of aromatic nitrogens is 2. The summed E-state index contributed by atoms with van der Waals surface area (Å²) in [7, 11) is -1.50. The minimum atomic E-state index is -1.58. The summed E-state index contributed by atoms with van der Waals surface area (Å²) in [5.41, 5.74) is -0.705.